The number of carbonyl (C=O) groups excluding carboxylic acids is 3. The Morgan fingerprint density at radius 3 is 2.52 bits per heavy atom. The third-order valence-corrected chi connectivity index (χ3v) is 9.44. The molecule has 3 amide bonds. The lowest BCUT2D eigenvalue weighted by atomic mass is 10.0. The lowest BCUT2D eigenvalue weighted by Crippen LogP contribution is -2.52. The Morgan fingerprint density at radius 2 is 1.73 bits per heavy atom. The largest absolute Gasteiger partial charge is 0.497 e. The molecule has 1 fully saturated rings. The summed E-state index contributed by atoms with van der Waals surface area (Å²) in [5.41, 5.74) is 5.48. The lowest BCUT2D eigenvalue weighted by molar-refractivity contribution is -0.136. The molecule has 0 aliphatic carbocycles. The van der Waals surface area contributed by atoms with Gasteiger partial charge in [-0.15, -0.1) is 11.3 Å². The Balaban J connectivity index is 0.829. The van der Waals surface area contributed by atoms with Crippen LogP contribution in [-0.2, 0) is 20.9 Å². The number of thiazole rings is 1. The van der Waals surface area contributed by atoms with Gasteiger partial charge >= 0.3 is 0 Å². The van der Waals surface area contributed by atoms with Crippen LogP contribution in [-0.4, -0.2) is 72.1 Å². The number of rotatable bonds is 12. The van der Waals surface area contributed by atoms with Gasteiger partial charge in [-0.3, -0.25) is 19.7 Å². The van der Waals surface area contributed by atoms with E-state index in [4.69, 9.17) is 19.2 Å². The van der Waals surface area contributed by atoms with Crippen molar-refractivity contribution in [2.24, 2.45) is 0 Å². The van der Waals surface area contributed by atoms with Gasteiger partial charge in [-0.25, -0.2) is 9.97 Å². The first-order valence-electron chi connectivity index (χ1n) is 15.7. The monoisotopic (exact) mass is 663 g/mol. The summed E-state index contributed by atoms with van der Waals surface area (Å²) >= 11 is 1.65. The molecule has 0 bridgehead atoms. The predicted octanol–water partition coefficient (Wildman–Crippen LogP) is 5.30. The van der Waals surface area contributed by atoms with E-state index in [1.54, 1.807) is 30.6 Å². The van der Waals surface area contributed by atoms with Gasteiger partial charge in [-0.05, 0) is 66.1 Å². The highest BCUT2D eigenvalue weighted by Gasteiger charge is 2.39. The van der Waals surface area contributed by atoms with Gasteiger partial charge in [0.1, 0.15) is 35.0 Å². The van der Waals surface area contributed by atoms with Crippen LogP contribution in [0.3, 0.4) is 0 Å². The molecule has 11 nitrogen and oxygen atoms in total. The number of hydrogen-bond acceptors (Lipinski definition) is 10. The van der Waals surface area contributed by atoms with E-state index in [9.17, 15) is 14.4 Å². The number of fused-ring (bicyclic) bond motifs is 2. The van der Waals surface area contributed by atoms with Gasteiger partial charge in [-0.2, -0.15) is 0 Å². The van der Waals surface area contributed by atoms with Crippen molar-refractivity contribution < 1.29 is 28.6 Å². The maximum absolute atomic E-state index is 12.9. The fourth-order valence-corrected chi connectivity index (χ4v) is 6.84. The minimum Gasteiger partial charge on any atom is -0.497 e. The minimum absolute atomic E-state index is 0.205. The number of nitrogens with one attached hydrogen (secondary N) is 2. The first-order chi connectivity index (χ1) is 23.4. The van der Waals surface area contributed by atoms with Crippen LogP contribution < -0.4 is 20.1 Å². The summed E-state index contributed by atoms with van der Waals surface area (Å²) in [7, 11) is 1.67. The highest BCUT2D eigenvalue weighted by molar-refractivity contribution is 7.21. The number of pyridine rings is 1. The molecule has 2 N–H and O–H groups in total. The number of nitrogens with zero attached hydrogens (tertiary/aromatic N) is 3. The molecule has 4 heterocycles. The number of aromatic nitrogens is 2. The Bertz CT molecular complexity index is 1980. The summed E-state index contributed by atoms with van der Waals surface area (Å²) in [5, 5.41) is 6.57. The topological polar surface area (TPSA) is 132 Å². The zero-order valence-corrected chi connectivity index (χ0v) is 27.0. The van der Waals surface area contributed by atoms with E-state index in [2.05, 4.69) is 39.9 Å². The average Bonchev–Trinajstić information content (AvgIpc) is 3.68. The van der Waals surface area contributed by atoms with Crippen LogP contribution in [0.4, 0.5) is 5.82 Å². The molecule has 244 valence electrons. The molecule has 1 saturated heterocycles. The number of piperidine rings is 1. The first kappa shape index (κ1) is 31.3. The van der Waals surface area contributed by atoms with Crippen LogP contribution >= 0.6 is 11.3 Å². The van der Waals surface area contributed by atoms with E-state index in [-0.39, 0.29) is 18.2 Å². The van der Waals surface area contributed by atoms with Gasteiger partial charge in [0.05, 0.1) is 30.5 Å². The Kier molecular flexibility index (Phi) is 8.99. The van der Waals surface area contributed by atoms with Crippen LogP contribution in [0.1, 0.15) is 28.8 Å². The molecule has 1 unspecified atom stereocenters. The van der Waals surface area contributed by atoms with E-state index in [1.165, 1.54) is 4.90 Å². The summed E-state index contributed by atoms with van der Waals surface area (Å²) in [6.45, 7) is 2.12. The molecule has 0 saturated carbocycles. The highest BCUT2D eigenvalue weighted by Crippen LogP contribution is 2.34. The van der Waals surface area contributed by atoms with E-state index in [0.29, 0.717) is 50.6 Å². The summed E-state index contributed by atoms with van der Waals surface area (Å²) in [6.07, 6.45) is 2.41. The zero-order chi connectivity index (χ0) is 33.0. The van der Waals surface area contributed by atoms with Crippen molar-refractivity contribution in [3.05, 3.63) is 90.1 Å². The number of hydrogen-bond donors (Lipinski definition) is 2. The molecule has 12 heteroatoms. The SMILES string of the molecule is COc1ccc2nc(-c3ccc(-c4ccc(NCCOCCOc5ccc6c(c5)CN(C5CCC(=O)NC5=O)C6=O)nc4)cc3)sc2c1. The van der Waals surface area contributed by atoms with Crippen molar-refractivity contribution in [1.29, 1.82) is 0 Å². The van der Waals surface area contributed by atoms with Gasteiger partial charge in [-0.1, -0.05) is 24.3 Å². The molecule has 2 aromatic heterocycles. The third kappa shape index (κ3) is 6.71. The van der Waals surface area contributed by atoms with Crippen LogP contribution in [0.15, 0.2) is 79.0 Å². The zero-order valence-electron chi connectivity index (χ0n) is 26.2. The van der Waals surface area contributed by atoms with Gasteiger partial charge in [0, 0.05) is 42.4 Å². The molecule has 0 spiro atoms. The number of anilines is 1. The first-order valence-corrected chi connectivity index (χ1v) is 16.5. The summed E-state index contributed by atoms with van der Waals surface area (Å²) in [4.78, 5) is 47.4. The van der Waals surface area contributed by atoms with Crippen molar-refractivity contribution in [3.8, 4) is 33.2 Å². The number of amides is 3. The molecule has 2 aliphatic heterocycles. The van der Waals surface area contributed by atoms with Crippen LogP contribution in [0, 0.1) is 0 Å². The van der Waals surface area contributed by atoms with Crippen molar-refractivity contribution in [3.63, 3.8) is 0 Å². The molecule has 5 aromatic rings. The normalized spacial score (nSPS) is 15.8. The van der Waals surface area contributed by atoms with Crippen molar-refractivity contribution >= 4 is 45.1 Å². The number of benzene rings is 3. The van der Waals surface area contributed by atoms with Crippen molar-refractivity contribution in [1.82, 2.24) is 20.2 Å². The molecular weight excluding hydrogens is 630 g/mol. The number of methoxy groups -OCH3 is 1. The summed E-state index contributed by atoms with van der Waals surface area (Å²) < 4.78 is 18.0. The van der Waals surface area contributed by atoms with E-state index in [0.717, 1.165) is 49.0 Å². The van der Waals surface area contributed by atoms with Crippen LogP contribution in [0.5, 0.6) is 11.5 Å². The van der Waals surface area contributed by atoms with Crippen molar-refractivity contribution in [2.75, 3.05) is 38.8 Å². The van der Waals surface area contributed by atoms with E-state index in [1.807, 2.05) is 42.6 Å². The lowest BCUT2D eigenvalue weighted by Gasteiger charge is -2.29. The van der Waals surface area contributed by atoms with E-state index < -0.39 is 11.9 Å². The van der Waals surface area contributed by atoms with Crippen LogP contribution in [0.25, 0.3) is 31.9 Å². The fraction of sp³-hybridized carbons (Fsp3) is 0.250. The second-order valence-corrected chi connectivity index (χ2v) is 12.5. The smallest absolute Gasteiger partial charge is 0.255 e. The van der Waals surface area contributed by atoms with Gasteiger partial charge in [0.15, 0.2) is 0 Å². The second-order valence-electron chi connectivity index (χ2n) is 11.5. The average molecular weight is 664 g/mol. The fourth-order valence-electron chi connectivity index (χ4n) is 5.84. The highest BCUT2D eigenvalue weighted by atomic mass is 32.1. The van der Waals surface area contributed by atoms with Gasteiger partial charge in [0.25, 0.3) is 5.91 Å². The Hall–Kier alpha value is -5.33. The molecule has 48 heavy (non-hydrogen) atoms. The maximum atomic E-state index is 12.9. The number of carbonyl (C=O) groups is 3. The molecule has 1 atom stereocenters. The van der Waals surface area contributed by atoms with Gasteiger partial charge < -0.3 is 24.4 Å². The Labute approximate surface area is 280 Å². The maximum Gasteiger partial charge on any atom is 0.255 e. The standard InChI is InChI=1S/C36H33N5O6S/c1-45-26-8-10-29-31(19-26)48-35(39-29)23-4-2-22(3-5-23)24-6-12-32(38-20-24)37-14-15-46-16-17-47-27-7-9-28-25(18-27)21-41(36(28)44)30-11-13-33(42)40-34(30)43/h2-10,12,18-20,30H,11,13-17,21H2,1H3,(H,37,38)(H,40,42,43). The third-order valence-electron chi connectivity index (χ3n) is 8.37. The molecular formula is C36H33N5O6S. The minimum atomic E-state index is -0.637. The Morgan fingerprint density at radius 1 is 0.917 bits per heavy atom. The molecule has 0 radical (unpaired) electrons. The molecule has 3 aromatic carbocycles. The molecule has 7 rings (SSSR count). The predicted molar refractivity (Wildman–Crippen MR) is 182 cm³/mol. The van der Waals surface area contributed by atoms with Crippen LogP contribution in [0.2, 0.25) is 0 Å². The summed E-state index contributed by atoms with van der Waals surface area (Å²) in [5.74, 6) is 1.29. The summed E-state index contributed by atoms with van der Waals surface area (Å²) in [6, 6.07) is 22.9. The van der Waals surface area contributed by atoms with Gasteiger partial charge in [0.2, 0.25) is 11.8 Å². The number of imide groups is 1. The second kappa shape index (κ2) is 13.8. The quantitative estimate of drug-likeness (QED) is 0.135. The number of ether oxygens (including phenoxy) is 3. The van der Waals surface area contributed by atoms with Crippen molar-refractivity contribution in [2.45, 2.75) is 25.4 Å². The molecule has 2 aliphatic rings. The van der Waals surface area contributed by atoms with E-state index >= 15 is 0 Å².